The molecular formula is C17H19F3N2O2S. The summed E-state index contributed by atoms with van der Waals surface area (Å²) in [5, 5.41) is -0.755. The zero-order valence-electron chi connectivity index (χ0n) is 13.8. The van der Waals surface area contributed by atoms with Crippen molar-refractivity contribution in [2.24, 2.45) is 0 Å². The van der Waals surface area contributed by atoms with Gasteiger partial charge in [-0.15, -0.1) is 11.8 Å². The van der Waals surface area contributed by atoms with E-state index in [1.165, 1.54) is 28.8 Å². The van der Waals surface area contributed by atoms with Crippen molar-refractivity contribution in [3.8, 4) is 0 Å². The van der Waals surface area contributed by atoms with Crippen LogP contribution in [0.3, 0.4) is 0 Å². The Morgan fingerprint density at radius 2 is 1.80 bits per heavy atom. The normalized spacial score (nSPS) is 24.2. The van der Waals surface area contributed by atoms with Gasteiger partial charge >= 0.3 is 6.18 Å². The first-order valence-electron chi connectivity index (χ1n) is 8.18. The molecule has 2 aliphatic heterocycles. The third-order valence-corrected chi connectivity index (χ3v) is 5.93. The first-order valence-corrected chi connectivity index (χ1v) is 9.12. The molecule has 0 saturated carbocycles. The van der Waals surface area contributed by atoms with Crippen LogP contribution in [0.4, 0.5) is 13.2 Å². The molecule has 1 aromatic carbocycles. The maximum Gasteiger partial charge on any atom is 0.416 e. The van der Waals surface area contributed by atoms with Gasteiger partial charge in [0, 0.05) is 13.1 Å². The van der Waals surface area contributed by atoms with Gasteiger partial charge in [-0.2, -0.15) is 13.2 Å². The van der Waals surface area contributed by atoms with Gasteiger partial charge in [0.15, 0.2) is 0 Å². The molecule has 0 aliphatic carbocycles. The molecule has 2 fully saturated rings. The number of carbonyl (C=O) groups is 2. The van der Waals surface area contributed by atoms with Crippen LogP contribution in [0.2, 0.25) is 0 Å². The summed E-state index contributed by atoms with van der Waals surface area (Å²) >= 11 is 1.36. The largest absolute Gasteiger partial charge is 0.416 e. The van der Waals surface area contributed by atoms with Crippen LogP contribution in [0.5, 0.6) is 0 Å². The molecule has 1 aromatic rings. The van der Waals surface area contributed by atoms with Crippen molar-refractivity contribution in [3.63, 3.8) is 0 Å². The predicted octanol–water partition coefficient (Wildman–Crippen LogP) is 3.29. The van der Waals surface area contributed by atoms with Gasteiger partial charge in [-0.25, -0.2) is 0 Å². The molecule has 0 aromatic heterocycles. The smallest absolute Gasteiger partial charge is 0.341 e. The van der Waals surface area contributed by atoms with Crippen molar-refractivity contribution in [2.45, 2.75) is 36.6 Å². The fraction of sp³-hybridized carbons (Fsp3) is 0.529. The van der Waals surface area contributed by atoms with Gasteiger partial charge in [0.25, 0.3) is 0 Å². The number of halogens is 3. The lowest BCUT2D eigenvalue weighted by molar-refractivity contribution is -0.139. The van der Waals surface area contributed by atoms with Gasteiger partial charge < -0.3 is 9.80 Å². The number of alkyl halides is 3. The second kappa shape index (κ2) is 6.90. The van der Waals surface area contributed by atoms with E-state index in [-0.39, 0.29) is 23.6 Å². The first kappa shape index (κ1) is 18.1. The second-order valence-corrected chi connectivity index (χ2v) is 7.73. The van der Waals surface area contributed by atoms with Gasteiger partial charge in [0.05, 0.1) is 10.8 Å². The Labute approximate surface area is 148 Å². The minimum absolute atomic E-state index is 0.0259. The molecule has 2 atom stereocenters. The zero-order valence-corrected chi connectivity index (χ0v) is 14.6. The summed E-state index contributed by atoms with van der Waals surface area (Å²) in [5.41, 5.74) is -0.122. The van der Waals surface area contributed by atoms with Crippen LogP contribution < -0.4 is 0 Å². The monoisotopic (exact) mass is 372 g/mol. The van der Waals surface area contributed by atoms with E-state index in [0.717, 1.165) is 25.0 Å². The molecular weight excluding hydrogens is 353 g/mol. The Morgan fingerprint density at radius 3 is 2.36 bits per heavy atom. The number of hydrogen-bond acceptors (Lipinski definition) is 3. The van der Waals surface area contributed by atoms with Crippen LogP contribution in [0, 0.1) is 0 Å². The summed E-state index contributed by atoms with van der Waals surface area (Å²) in [6.07, 6.45) is -2.46. The van der Waals surface area contributed by atoms with Crippen LogP contribution >= 0.6 is 11.8 Å². The predicted molar refractivity (Wildman–Crippen MR) is 88.8 cm³/mol. The van der Waals surface area contributed by atoms with E-state index in [1.54, 1.807) is 11.8 Å². The molecule has 8 heteroatoms. The molecule has 3 rings (SSSR count). The van der Waals surface area contributed by atoms with Crippen LogP contribution in [-0.2, 0) is 15.8 Å². The molecule has 25 heavy (non-hydrogen) atoms. The maximum atomic E-state index is 12.7. The lowest BCUT2D eigenvalue weighted by Gasteiger charge is -2.26. The fourth-order valence-corrected chi connectivity index (χ4v) is 4.42. The molecule has 2 heterocycles. The van der Waals surface area contributed by atoms with E-state index in [9.17, 15) is 22.8 Å². The lowest BCUT2D eigenvalue weighted by Crippen LogP contribution is -2.41. The van der Waals surface area contributed by atoms with Crippen LogP contribution in [0.15, 0.2) is 24.3 Å². The third-order valence-electron chi connectivity index (χ3n) is 4.53. The van der Waals surface area contributed by atoms with E-state index < -0.39 is 17.1 Å². The number of likely N-dealkylation sites (tertiary alicyclic amines) is 1. The molecule has 0 bridgehead atoms. The lowest BCUT2D eigenvalue weighted by atomic mass is 10.1. The number of nitrogens with zero attached hydrogens (tertiary/aromatic N) is 2. The minimum Gasteiger partial charge on any atom is -0.341 e. The Bertz CT molecular complexity index is 657. The summed E-state index contributed by atoms with van der Waals surface area (Å²) < 4.78 is 38.2. The topological polar surface area (TPSA) is 40.6 Å². The van der Waals surface area contributed by atoms with E-state index >= 15 is 0 Å². The summed E-state index contributed by atoms with van der Waals surface area (Å²) in [6.45, 7) is 3.13. The highest BCUT2D eigenvalue weighted by atomic mass is 32.2. The Balaban J connectivity index is 1.78. The van der Waals surface area contributed by atoms with Crippen molar-refractivity contribution in [3.05, 3.63) is 35.4 Å². The van der Waals surface area contributed by atoms with Crippen molar-refractivity contribution in [1.29, 1.82) is 0 Å². The maximum absolute atomic E-state index is 12.7. The van der Waals surface area contributed by atoms with Crippen LogP contribution in [0.25, 0.3) is 0 Å². The Morgan fingerprint density at radius 1 is 1.20 bits per heavy atom. The minimum atomic E-state index is -4.39. The van der Waals surface area contributed by atoms with Gasteiger partial charge in [-0.05, 0) is 37.5 Å². The van der Waals surface area contributed by atoms with Gasteiger partial charge in [0.2, 0.25) is 11.8 Å². The van der Waals surface area contributed by atoms with Crippen molar-refractivity contribution in [1.82, 2.24) is 9.80 Å². The summed E-state index contributed by atoms with van der Waals surface area (Å²) in [4.78, 5) is 28.0. The van der Waals surface area contributed by atoms with E-state index in [2.05, 4.69) is 0 Å². The number of rotatable bonds is 3. The molecule has 2 saturated heterocycles. The first-order chi connectivity index (χ1) is 11.8. The number of thioether (sulfide) groups is 1. The number of carbonyl (C=O) groups excluding carboxylic acids is 2. The highest BCUT2D eigenvalue weighted by molar-refractivity contribution is 8.01. The number of hydrogen-bond donors (Lipinski definition) is 0. The van der Waals surface area contributed by atoms with Crippen LogP contribution in [0.1, 0.15) is 36.3 Å². The highest BCUT2D eigenvalue weighted by Crippen LogP contribution is 2.43. The second-order valence-electron chi connectivity index (χ2n) is 6.30. The summed E-state index contributed by atoms with van der Waals surface area (Å²) in [7, 11) is 0. The molecule has 136 valence electrons. The highest BCUT2D eigenvalue weighted by Gasteiger charge is 2.40. The molecule has 2 amide bonds. The molecule has 4 nitrogen and oxygen atoms in total. The van der Waals surface area contributed by atoms with E-state index in [0.29, 0.717) is 18.7 Å². The third kappa shape index (κ3) is 3.78. The molecule has 0 spiro atoms. The molecule has 0 N–H and O–H groups in total. The fourth-order valence-electron chi connectivity index (χ4n) is 3.14. The summed E-state index contributed by atoms with van der Waals surface area (Å²) in [6, 6.07) is 4.81. The quantitative estimate of drug-likeness (QED) is 0.818. The Hall–Kier alpha value is -1.70. The molecule has 0 unspecified atom stereocenters. The van der Waals surface area contributed by atoms with Crippen molar-refractivity contribution < 1.29 is 22.8 Å². The van der Waals surface area contributed by atoms with E-state index in [4.69, 9.17) is 0 Å². The zero-order chi connectivity index (χ0) is 18.2. The standard InChI is InChI=1S/C17H19F3N2O2S/c1-11-15(24)22(10-14(23)21-8-2-3-9-21)16(25-11)12-4-6-13(7-5-12)17(18,19)20/h4-7,11,16H,2-3,8-10H2,1H3/t11-,16+/m1/s1. The number of amides is 2. The average molecular weight is 372 g/mol. The number of benzene rings is 1. The van der Waals surface area contributed by atoms with E-state index in [1.807, 2.05) is 0 Å². The summed E-state index contributed by atoms with van der Waals surface area (Å²) in [5.74, 6) is -0.250. The van der Waals surface area contributed by atoms with Crippen molar-refractivity contribution >= 4 is 23.6 Å². The SMILES string of the molecule is C[C@H]1S[C@@H](c2ccc(C(F)(F)F)cc2)N(CC(=O)N2CCCC2)C1=O. The van der Waals surface area contributed by atoms with Gasteiger partial charge in [-0.1, -0.05) is 12.1 Å². The van der Waals surface area contributed by atoms with Gasteiger partial charge in [-0.3, -0.25) is 9.59 Å². The Kier molecular flexibility index (Phi) is 4.99. The van der Waals surface area contributed by atoms with Crippen LogP contribution in [-0.4, -0.2) is 46.5 Å². The average Bonchev–Trinajstić information content (AvgIpc) is 3.18. The molecule has 0 radical (unpaired) electrons. The van der Waals surface area contributed by atoms with Crippen molar-refractivity contribution in [2.75, 3.05) is 19.6 Å². The molecule has 2 aliphatic rings. The van der Waals surface area contributed by atoms with Gasteiger partial charge in [0.1, 0.15) is 11.9 Å².